The molecule has 0 spiro atoms. The van der Waals surface area contributed by atoms with Crippen molar-refractivity contribution < 1.29 is 0 Å². The average molecular weight is 298 g/mol. The van der Waals surface area contributed by atoms with Gasteiger partial charge in [0.2, 0.25) is 0 Å². The molecule has 0 saturated heterocycles. The van der Waals surface area contributed by atoms with E-state index in [1.807, 2.05) is 0 Å². The van der Waals surface area contributed by atoms with E-state index >= 15 is 0 Å². The number of benzene rings is 1. The first-order valence-corrected chi connectivity index (χ1v) is 7.24. The molecule has 0 heterocycles. The quantitative estimate of drug-likeness (QED) is 0.752. The summed E-state index contributed by atoms with van der Waals surface area (Å²) in [5.74, 6) is 0. The molecule has 0 fully saturated rings. The van der Waals surface area contributed by atoms with Crippen LogP contribution >= 0.6 is 15.9 Å². The van der Waals surface area contributed by atoms with Crippen LogP contribution in [0.5, 0.6) is 0 Å². The van der Waals surface area contributed by atoms with Gasteiger partial charge in [0.05, 0.1) is 0 Å². The van der Waals surface area contributed by atoms with Crippen molar-refractivity contribution in [3.05, 3.63) is 34.4 Å². The normalized spacial score (nSPS) is 12.2. The zero-order valence-electron chi connectivity index (χ0n) is 11.9. The maximum absolute atomic E-state index is 3.59. The molecule has 0 aliphatic heterocycles. The highest BCUT2D eigenvalue weighted by molar-refractivity contribution is 9.09. The molecular weight excluding hydrogens is 274 g/mol. The molecule has 0 aromatic heterocycles. The highest BCUT2D eigenvalue weighted by Gasteiger charge is 2.22. The molecule has 1 rings (SSSR count). The first-order valence-electron chi connectivity index (χ1n) is 6.12. The molecule has 0 aliphatic carbocycles. The van der Waals surface area contributed by atoms with Crippen LogP contribution in [0.1, 0.15) is 36.1 Å². The molecule has 0 amide bonds. The van der Waals surface area contributed by atoms with Crippen LogP contribution in [0.2, 0.25) is 0 Å². The summed E-state index contributed by atoms with van der Waals surface area (Å²) in [7, 11) is 2.19. The second-order valence-corrected chi connectivity index (χ2v) is 6.24. The van der Waals surface area contributed by atoms with Crippen molar-refractivity contribution in [1.82, 2.24) is 4.90 Å². The Morgan fingerprint density at radius 3 is 2.00 bits per heavy atom. The molecule has 0 aliphatic rings. The van der Waals surface area contributed by atoms with Crippen LogP contribution in [-0.2, 0) is 6.54 Å². The summed E-state index contributed by atoms with van der Waals surface area (Å²) in [6, 6.07) is 4.55. The summed E-state index contributed by atoms with van der Waals surface area (Å²) in [5.41, 5.74) is 5.81. The van der Waals surface area contributed by atoms with Gasteiger partial charge < -0.3 is 0 Å². The van der Waals surface area contributed by atoms with Crippen LogP contribution in [0.15, 0.2) is 12.1 Å². The molecule has 0 radical (unpaired) electrons. The third kappa shape index (κ3) is 3.56. The van der Waals surface area contributed by atoms with Crippen molar-refractivity contribution >= 4 is 15.9 Å². The number of rotatable bonds is 4. The molecule has 1 aromatic rings. The van der Waals surface area contributed by atoms with E-state index in [2.05, 4.69) is 74.6 Å². The molecule has 0 unspecified atom stereocenters. The first-order chi connectivity index (χ1) is 7.77. The summed E-state index contributed by atoms with van der Waals surface area (Å²) < 4.78 is 0. The monoisotopic (exact) mass is 297 g/mol. The second-order valence-electron chi connectivity index (χ2n) is 5.68. The second kappa shape index (κ2) is 5.53. The SMILES string of the molecule is Cc1cc(C)c(CN(C)C(C)(C)CBr)c(C)c1. The maximum Gasteiger partial charge on any atom is 0.0250 e. The number of aryl methyl sites for hydroxylation is 3. The van der Waals surface area contributed by atoms with Gasteiger partial charge in [-0.2, -0.15) is 0 Å². The largest absolute Gasteiger partial charge is 0.296 e. The number of hydrogen-bond donors (Lipinski definition) is 0. The summed E-state index contributed by atoms with van der Waals surface area (Å²) in [5, 5.41) is 0.987. The summed E-state index contributed by atoms with van der Waals surface area (Å²) >= 11 is 3.59. The van der Waals surface area contributed by atoms with Crippen molar-refractivity contribution in [2.75, 3.05) is 12.4 Å². The zero-order chi connectivity index (χ0) is 13.2. The first kappa shape index (κ1) is 14.7. The van der Waals surface area contributed by atoms with Gasteiger partial charge in [-0.25, -0.2) is 0 Å². The zero-order valence-corrected chi connectivity index (χ0v) is 13.5. The lowest BCUT2D eigenvalue weighted by Crippen LogP contribution is -2.42. The van der Waals surface area contributed by atoms with Gasteiger partial charge in [-0.1, -0.05) is 33.6 Å². The van der Waals surface area contributed by atoms with Crippen LogP contribution in [0.3, 0.4) is 0 Å². The minimum atomic E-state index is 0.184. The van der Waals surface area contributed by atoms with E-state index in [-0.39, 0.29) is 5.54 Å². The topological polar surface area (TPSA) is 3.24 Å². The molecule has 17 heavy (non-hydrogen) atoms. The molecule has 2 heteroatoms. The van der Waals surface area contributed by atoms with Crippen molar-refractivity contribution in [2.45, 2.75) is 46.7 Å². The van der Waals surface area contributed by atoms with Gasteiger partial charge in [0.25, 0.3) is 0 Å². The molecule has 0 atom stereocenters. The van der Waals surface area contributed by atoms with Crippen molar-refractivity contribution in [3.63, 3.8) is 0 Å². The summed E-state index contributed by atoms with van der Waals surface area (Å²) in [4.78, 5) is 2.41. The lowest BCUT2D eigenvalue weighted by atomic mass is 9.97. The fourth-order valence-electron chi connectivity index (χ4n) is 2.01. The van der Waals surface area contributed by atoms with Crippen molar-refractivity contribution in [2.24, 2.45) is 0 Å². The van der Waals surface area contributed by atoms with Gasteiger partial charge in [0.15, 0.2) is 0 Å². The van der Waals surface area contributed by atoms with Crippen LogP contribution in [0.4, 0.5) is 0 Å². The lowest BCUT2D eigenvalue weighted by Gasteiger charge is -2.35. The van der Waals surface area contributed by atoms with E-state index in [1.165, 1.54) is 22.3 Å². The van der Waals surface area contributed by atoms with Crippen molar-refractivity contribution in [1.29, 1.82) is 0 Å². The van der Waals surface area contributed by atoms with Crippen molar-refractivity contribution in [3.8, 4) is 0 Å². The number of alkyl halides is 1. The van der Waals surface area contributed by atoms with Gasteiger partial charge in [-0.3, -0.25) is 4.90 Å². The van der Waals surface area contributed by atoms with E-state index in [9.17, 15) is 0 Å². The van der Waals surface area contributed by atoms with Gasteiger partial charge in [-0.05, 0) is 58.4 Å². The molecule has 1 nitrogen and oxygen atoms in total. The fraction of sp³-hybridized carbons (Fsp3) is 0.600. The Morgan fingerprint density at radius 1 is 1.12 bits per heavy atom. The number of hydrogen-bond acceptors (Lipinski definition) is 1. The van der Waals surface area contributed by atoms with E-state index < -0.39 is 0 Å². The van der Waals surface area contributed by atoms with E-state index in [1.54, 1.807) is 0 Å². The Morgan fingerprint density at radius 2 is 1.59 bits per heavy atom. The molecule has 96 valence electrons. The minimum Gasteiger partial charge on any atom is -0.296 e. The number of nitrogens with zero attached hydrogens (tertiary/aromatic N) is 1. The fourth-order valence-corrected chi connectivity index (χ4v) is 2.44. The predicted octanol–water partition coefficient (Wildman–Crippen LogP) is 4.22. The molecule has 0 N–H and O–H groups in total. The van der Waals surface area contributed by atoms with Crippen LogP contribution in [-0.4, -0.2) is 22.8 Å². The molecule has 0 saturated carbocycles. The standard InChI is InChI=1S/C15H24BrN/c1-11-7-12(2)14(13(3)8-11)9-17(6)15(4,5)10-16/h7-8H,9-10H2,1-6H3. The lowest BCUT2D eigenvalue weighted by molar-refractivity contribution is 0.173. The number of halogens is 1. The van der Waals surface area contributed by atoms with Gasteiger partial charge in [-0.15, -0.1) is 0 Å². The Hall–Kier alpha value is -0.340. The highest BCUT2D eigenvalue weighted by atomic mass is 79.9. The van der Waals surface area contributed by atoms with E-state index in [4.69, 9.17) is 0 Å². The minimum absolute atomic E-state index is 0.184. The third-order valence-corrected chi connectivity index (χ3v) is 4.97. The summed E-state index contributed by atoms with van der Waals surface area (Å²) in [6.45, 7) is 12.1. The Balaban J connectivity index is 2.96. The van der Waals surface area contributed by atoms with E-state index in [0.29, 0.717) is 0 Å². The maximum atomic E-state index is 3.59. The Kier molecular flexibility index (Phi) is 4.79. The summed E-state index contributed by atoms with van der Waals surface area (Å²) in [6.07, 6.45) is 0. The van der Waals surface area contributed by atoms with Crippen LogP contribution in [0, 0.1) is 20.8 Å². The van der Waals surface area contributed by atoms with Crippen LogP contribution < -0.4 is 0 Å². The Labute approximate surface area is 114 Å². The third-order valence-electron chi connectivity index (χ3n) is 3.60. The van der Waals surface area contributed by atoms with E-state index in [0.717, 1.165) is 11.9 Å². The smallest absolute Gasteiger partial charge is 0.0250 e. The highest BCUT2D eigenvalue weighted by Crippen LogP contribution is 2.22. The van der Waals surface area contributed by atoms with Gasteiger partial charge >= 0.3 is 0 Å². The predicted molar refractivity (Wildman–Crippen MR) is 80.0 cm³/mol. The molecule has 1 aromatic carbocycles. The molecular formula is C15H24BrN. The van der Waals surface area contributed by atoms with Gasteiger partial charge in [0, 0.05) is 17.4 Å². The van der Waals surface area contributed by atoms with Gasteiger partial charge in [0.1, 0.15) is 0 Å². The van der Waals surface area contributed by atoms with Crippen LogP contribution in [0.25, 0.3) is 0 Å². The average Bonchev–Trinajstić information content (AvgIpc) is 2.22. The molecule has 0 bridgehead atoms. The Bertz CT molecular complexity index is 373.